The maximum Gasteiger partial charge on any atom is 0.206 e. The molecule has 8 heteroatoms. The molecule has 178 valence electrons. The molecule has 0 radical (unpaired) electrons. The molecule has 2 aromatic carbocycles. The van der Waals surface area contributed by atoms with Gasteiger partial charge in [-0.3, -0.25) is 0 Å². The fraction of sp³-hybridized carbons (Fsp3) is 0.520. The molecule has 0 aliphatic carbocycles. The predicted molar refractivity (Wildman–Crippen MR) is 123 cm³/mol. The van der Waals surface area contributed by atoms with Crippen LogP contribution in [-0.4, -0.2) is 58.2 Å². The van der Waals surface area contributed by atoms with E-state index < -0.39 is 15.7 Å². The van der Waals surface area contributed by atoms with Crippen LogP contribution in [-0.2, 0) is 9.84 Å². The number of likely N-dealkylation sites (tertiary alicyclic amines) is 1. The van der Waals surface area contributed by atoms with Crippen LogP contribution in [0.2, 0.25) is 0 Å². The molecule has 0 amide bonds. The van der Waals surface area contributed by atoms with Crippen LogP contribution in [0, 0.1) is 5.82 Å². The third-order valence-corrected chi connectivity index (χ3v) is 8.83. The normalized spacial score (nSPS) is 24.8. The molecule has 0 bridgehead atoms. The van der Waals surface area contributed by atoms with Crippen molar-refractivity contribution in [2.24, 2.45) is 0 Å². The van der Waals surface area contributed by atoms with Gasteiger partial charge in [0.15, 0.2) is 0 Å². The Balaban J connectivity index is 1.30. The van der Waals surface area contributed by atoms with Crippen molar-refractivity contribution in [1.29, 1.82) is 0 Å². The van der Waals surface area contributed by atoms with Gasteiger partial charge in [-0.05, 0) is 70.0 Å². The highest BCUT2D eigenvalue weighted by Crippen LogP contribution is 2.43. The Bertz CT molecular complexity index is 1120. The zero-order valence-electron chi connectivity index (χ0n) is 18.9. The molecule has 0 saturated carbocycles. The molecule has 2 fully saturated rings. The number of fused-ring (bicyclic) bond motifs is 3. The number of nitrogens with zero attached hydrogens (tertiary/aromatic N) is 1. The summed E-state index contributed by atoms with van der Waals surface area (Å²) >= 11 is 0. The summed E-state index contributed by atoms with van der Waals surface area (Å²) in [4.78, 5) is 2.42. The number of ether oxygens (including phenoxy) is 2. The summed E-state index contributed by atoms with van der Waals surface area (Å²) in [5, 5.41) is 3.31. The van der Waals surface area contributed by atoms with Crippen LogP contribution in [0.4, 0.5) is 4.39 Å². The Kier molecular flexibility index (Phi) is 6.33. The Morgan fingerprint density at radius 1 is 1.18 bits per heavy atom. The molecule has 0 aromatic heterocycles. The zero-order chi connectivity index (χ0) is 23.0. The number of piperidine rings is 1. The van der Waals surface area contributed by atoms with Crippen LogP contribution >= 0.6 is 0 Å². The maximum atomic E-state index is 14.3. The number of sulfone groups is 1. The number of hydrogen-bond donors (Lipinski definition) is 1. The van der Waals surface area contributed by atoms with E-state index in [0.717, 1.165) is 50.7 Å². The highest BCUT2D eigenvalue weighted by atomic mass is 32.2. The summed E-state index contributed by atoms with van der Waals surface area (Å²) in [6.07, 6.45) is 4.24. The van der Waals surface area contributed by atoms with Gasteiger partial charge in [-0.1, -0.05) is 6.07 Å². The lowest BCUT2D eigenvalue weighted by Gasteiger charge is -2.24. The lowest BCUT2D eigenvalue weighted by atomic mass is 9.90. The SMILES string of the molecule is CC1CCCN1CCCOc1cc(F)cc(S(=O)(=O)c2ccc3c(c2)OC2CNCCC32)c1. The predicted octanol–water partition coefficient (Wildman–Crippen LogP) is 3.75. The Hall–Kier alpha value is -2.16. The second-order valence-corrected chi connectivity index (χ2v) is 11.3. The summed E-state index contributed by atoms with van der Waals surface area (Å²) in [5.74, 6) is 0.501. The lowest BCUT2D eigenvalue weighted by Crippen LogP contribution is -2.39. The molecule has 3 aliphatic heterocycles. The van der Waals surface area contributed by atoms with Crippen LogP contribution in [0.15, 0.2) is 46.2 Å². The van der Waals surface area contributed by atoms with Gasteiger partial charge in [0.25, 0.3) is 0 Å². The maximum absolute atomic E-state index is 14.3. The Morgan fingerprint density at radius 3 is 2.88 bits per heavy atom. The minimum atomic E-state index is -3.91. The molecule has 33 heavy (non-hydrogen) atoms. The summed E-state index contributed by atoms with van der Waals surface area (Å²) in [6, 6.07) is 9.30. The topological polar surface area (TPSA) is 67.9 Å². The van der Waals surface area contributed by atoms with E-state index in [0.29, 0.717) is 18.4 Å². The smallest absolute Gasteiger partial charge is 0.206 e. The standard InChI is InChI=1S/C25H31FN2O4S/c1-17-4-2-9-28(17)10-3-11-31-19-12-18(26)13-21(14-19)33(29,30)20-5-6-22-23-7-8-27-16-25(23)32-24(22)15-20/h5-6,12-15,17,23,25,27H,2-4,7-11,16H2,1H3. The molecule has 6 nitrogen and oxygen atoms in total. The molecule has 1 N–H and O–H groups in total. The molecule has 0 spiro atoms. The van der Waals surface area contributed by atoms with Crippen molar-refractivity contribution in [2.75, 3.05) is 32.8 Å². The molecule has 5 rings (SSSR count). The van der Waals surface area contributed by atoms with Crippen LogP contribution in [0.5, 0.6) is 11.5 Å². The first kappa shape index (κ1) is 22.6. The van der Waals surface area contributed by atoms with Gasteiger partial charge in [0.2, 0.25) is 9.84 Å². The van der Waals surface area contributed by atoms with E-state index in [-0.39, 0.29) is 27.6 Å². The van der Waals surface area contributed by atoms with Gasteiger partial charge in [-0.2, -0.15) is 0 Å². The monoisotopic (exact) mass is 474 g/mol. The number of nitrogens with one attached hydrogen (secondary N) is 1. The summed E-state index contributed by atoms with van der Waals surface area (Å²) in [7, 11) is -3.91. The van der Waals surface area contributed by atoms with Crippen LogP contribution < -0.4 is 14.8 Å². The van der Waals surface area contributed by atoms with Crippen molar-refractivity contribution in [3.05, 3.63) is 47.8 Å². The van der Waals surface area contributed by atoms with Gasteiger partial charge >= 0.3 is 0 Å². The van der Waals surface area contributed by atoms with Gasteiger partial charge in [-0.15, -0.1) is 0 Å². The van der Waals surface area contributed by atoms with Crippen molar-refractivity contribution in [3.8, 4) is 11.5 Å². The van der Waals surface area contributed by atoms with E-state index in [4.69, 9.17) is 9.47 Å². The Morgan fingerprint density at radius 2 is 2.06 bits per heavy atom. The van der Waals surface area contributed by atoms with Crippen molar-refractivity contribution in [2.45, 2.75) is 60.5 Å². The fourth-order valence-electron chi connectivity index (χ4n) is 5.26. The summed E-state index contributed by atoms with van der Waals surface area (Å²) < 4.78 is 52.7. The van der Waals surface area contributed by atoms with Gasteiger partial charge in [-0.25, -0.2) is 12.8 Å². The molecular weight excluding hydrogens is 443 g/mol. The molecule has 3 heterocycles. The zero-order valence-corrected chi connectivity index (χ0v) is 19.7. The van der Waals surface area contributed by atoms with Crippen molar-refractivity contribution in [3.63, 3.8) is 0 Å². The Labute approximate surface area is 195 Å². The largest absolute Gasteiger partial charge is 0.493 e. The first-order chi connectivity index (χ1) is 15.9. The van der Waals surface area contributed by atoms with Crippen molar-refractivity contribution in [1.82, 2.24) is 10.2 Å². The second kappa shape index (κ2) is 9.24. The van der Waals surface area contributed by atoms with E-state index >= 15 is 0 Å². The lowest BCUT2D eigenvalue weighted by molar-refractivity contribution is 0.176. The highest BCUT2D eigenvalue weighted by molar-refractivity contribution is 7.91. The van der Waals surface area contributed by atoms with Crippen molar-refractivity contribution < 1.29 is 22.3 Å². The van der Waals surface area contributed by atoms with Gasteiger partial charge in [0.05, 0.1) is 16.4 Å². The van der Waals surface area contributed by atoms with Gasteiger partial charge < -0.3 is 19.7 Å². The number of hydrogen-bond acceptors (Lipinski definition) is 6. The minimum absolute atomic E-state index is 0.0319. The van der Waals surface area contributed by atoms with Crippen LogP contribution in [0.1, 0.15) is 44.1 Å². The van der Waals surface area contributed by atoms with Crippen LogP contribution in [0.25, 0.3) is 0 Å². The van der Waals surface area contributed by atoms with Gasteiger partial charge in [0, 0.05) is 36.7 Å². The van der Waals surface area contributed by atoms with E-state index in [1.165, 1.54) is 25.0 Å². The first-order valence-corrected chi connectivity index (χ1v) is 13.3. The van der Waals surface area contributed by atoms with E-state index in [1.807, 2.05) is 6.07 Å². The minimum Gasteiger partial charge on any atom is -0.493 e. The van der Waals surface area contributed by atoms with E-state index in [9.17, 15) is 12.8 Å². The number of rotatable bonds is 7. The number of halogens is 1. The first-order valence-electron chi connectivity index (χ1n) is 11.9. The average molecular weight is 475 g/mol. The van der Waals surface area contributed by atoms with Crippen LogP contribution in [0.3, 0.4) is 0 Å². The summed E-state index contributed by atoms with van der Waals surface area (Å²) in [5.41, 5.74) is 1.05. The van der Waals surface area contributed by atoms with Crippen molar-refractivity contribution >= 4 is 9.84 Å². The average Bonchev–Trinajstić information content (AvgIpc) is 3.38. The van der Waals surface area contributed by atoms with E-state index in [2.05, 4.69) is 17.1 Å². The van der Waals surface area contributed by atoms with E-state index in [1.54, 1.807) is 12.1 Å². The highest BCUT2D eigenvalue weighted by Gasteiger charge is 2.37. The third-order valence-electron chi connectivity index (χ3n) is 7.10. The third kappa shape index (κ3) is 4.61. The quantitative estimate of drug-likeness (QED) is 0.617. The molecule has 2 saturated heterocycles. The molecular formula is C25H31FN2O4S. The molecule has 2 aromatic rings. The van der Waals surface area contributed by atoms with Gasteiger partial charge in [0.1, 0.15) is 23.4 Å². The molecule has 3 unspecified atom stereocenters. The fourth-order valence-corrected chi connectivity index (χ4v) is 6.58. The number of benzene rings is 2. The second-order valence-electron chi connectivity index (χ2n) is 9.31. The summed E-state index contributed by atoms with van der Waals surface area (Å²) in [6.45, 7) is 6.35. The molecule has 3 aliphatic rings. The molecule has 3 atom stereocenters.